The van der Waals surface area contributed by atoms with Gasteiger partial charge in [-0.3, -0.25) is 28.3 Å². The van der Waals surface area contributed by atoms with Gasteiger partial charge in [-0.15, -0.1) is 0 Å². The Morgan fingerprint density at radius 1 is 0.918 bits per heavy atom. The quantitative estimate of drug-likeness (QED) is 0.0680. The van der Waals surface area contributed by atoms with Crippen molar-refractivity contribution in [2.45, 2.75) is 107 Å². The second-order valence-electron chi connectivity index (χ2n) is 10.4. The van der Waals surface area contributed by atoms with Gasteiger partial charge >= 0.3 is 13.6 Å². The molecule has 2 aromatic rings. The van der Waals surface area contributed by atoms with E-state index in [0.717, 1.165) is 11.1 Å². The fourth-order valence-corrected chi connectivity index (χ4v) is 5.09. The van der Waals surface area contributed by atoms with Crippen molar-refractivity contribution in [3.63, 3.8) is 0 Å². The molecule has 12 heteroatoms. The summed E-state index contributed by atoms with van der Waals surface area (Å²) in [5.74, 6) is -1.27. The van der Waals surface area contributed by atoms with Crippen LogP contribution < -0.4 is 5.32 Å². The van der Waals surface area contributed by atoms with Crippen molar-refractivity contribution in [1.29, 1.82) is 0 Å². The number of hydrogen-bond acceptors (Lipinski definition) is 8. The van der Waals surface area contributed by atoms with Gasteiger partial charge in [-0.25, -0.2) is 4.79 Å². The SMILES string of the molecule is CC.CC.CCOC(=O)[C@H](C)OP(=O)(O)CCNC(=O)CCC(=O)c1cc(C(C)C)ccc1CC(CC)C(C)=O.O=CO.c1ccccc1. The fourth-order valence-electron chi connectivity index (χ4n) is 4.01. The lowest BCUT2D eigenvalue weighted by Crippen LogP contribution is -2.28. The van der Waals surface area contributed by atoms with E-state index in [2.05, 4.69) is 5.32 Å². The maximum Gasteiger partial charge on any atom is 0.335 e. The standard InChI is InChI=1S/C26H40NO8P.C6H6.2C2H6.CH2O2/c1-7-20(18(5)28)15-22-10-9-21(17(3)4)16-23(22)24(29)11-12-25(30)27-13-14-36(32,33)35-19(6)26(31)34-8-2;1-2-4-6-5-3-1;2*1-2;2-1-3/h9-10,16-17,19-20H,7-8,11-15H2,1-6H3,(H,27,30)(H,32,33);1-6H;2*1-2H3;1H,(H,2,3)/t19-,20?;;;;/m0..../s1. The number of esters is 1. The molecule has 0 aromatic heterocycles. The molecule has 11 nitrogen and oxygen atoms in total. The van der Waals surface area contributed by atoms with Crippen LogP contribution in [0.25, 0.3) is 0 Å². The Labute approximate surface area is 293 Å². The second kappa shape index (κ2) is 30.4. The summed E-state index contributed by atoms with van der Waals surface area (Å²) in [4.78, 5) is 67.1. The Morgan fingerprint density at radius 2 is 1.43 bits per heavy atom. The third kappa shape index (κ3) is 24.2. The van der Waals surface area contributed by atoms with Gasteiger partial charge in [0.15, 0.2) is 11.9 Å². The Kier molecular flexibility index (Phi) is 30.9. The number of hydrogen-bond donors (Lipinski definition) is 3. The average molecular weight is 710 g/mol. The first kappa shape index (κ1) is 49.7. The molecule has 2 rings (SSSR count). The minimum Gasteiger partial charge on any atom is -0.483 e. The predicted molar refractivity (Wildman–Crippen MR) is 195 cm³/mol. The first-order valence-corrected chi connectivity index (χ1v) is 18.7. The van der Waals surface area contributed by atoms with Crippen LogP contribution in [0.3, 0.4) is 0 Å². The van der Waals surface area contributed by atoms with E-state index in [9.17, 15) is 28.6 Å². The molecule has 0 aliphatic heterocycles. The molecule has 3 atom stereocenters. The Hall–Kier alpha value is -3.66. The summed E-state index contributed by atoms with van der Waals surface area (Å²) in [6.45, 7) is 18.2. The van der Waals surface area contributed by atoms with E-state index in [1.165, 1.54) is 6.92 Å². The molecule has 0 aliphatic rings. The van der Waals surface area contributed by atoms with Crippen molar-refractivity contribution in [1.82, 2.24) is 5.32 Å². The van der Waals surface area contributed by atoms with Crippen molar-refractivity contribution < 1.29 is 47.8 Å². The van der Waals surface area contributed by atoms with Crippen LogP contribution in [0.1, 0.15) is 116 Å². The third-order valence-electron chi connectivity index (χ3n) is 6.54. The van der Waals surface area contributed by atoms with Crippen molar-refractivity contribution in [3.8, 4) is 0 Å². The number of carbonyl (C=O) groups excluding carboxylic acids is 4. The van der Waals surface area contributed by atoms with Gasteiger partial charge in [0, 0.05) is 30.9 Å². The summed E-state index contributed by atoms with van der Waals surface area (Å²) < 4.78 is 21.8. The Bertz CT molecular complexity index is 1220. The number of carbonyl (C=O) groups is 5. The summed E-state index contributed by atoms with van der Waals surface area (Å²) in [6, 6.07) is 17.7. The maximum absolute atomic E-state index is 13.0. The van der Waals surface area contributed by atoms with Crippen molar-refractivity contribution in [3.05, 3.63) is 71.3 Å². The zero-order valence-corrected chi connectivity index (χ0v) is 32.0. The van der Waals surface area contributed by atoms with Crippen LogP contribution in [0.5, 0.6) is 0 Å². The van der Waals surface area contributed by atoms with Crippen LogP contribution >= 0.6 is 7.60 Å². The summed E-state index contributed by atoms with van der Waals surface area (Å²) >= 11 is 0. The molecular formula is C37H60NO10P. The summed E-state index contributed by atoms with van der Waals surface area (Å²) in [5, 5.41) is 9.40. The van der Waals surface area contributed by atoms with E-state index in [4.69, 9.17) is 19.2 Å². The van der Waals surface area contributed by atoms with Gasteiger partial charge in [0.25, 0.3) is 6.47 Å². The minimum absolute atomic E-state index is 0.0373. The zero-order valence-electron chi connectivity index (χ0n) is 31.1. The highest BCUT2D eigenvalue weighted by molar-refractivity contribution is 7.52. The number of ketones is 2. The van der Waals surface area contributed by atoms with E-state index in [0.29, 0.717) is 18.4 Å². The molecule has 0 heterocycles. The normalized spacial score (nSPS) is 12.2. The molecule has 3 N–H and O–H groups in total. The lowest BCUT2D eigenvalue weighted by molar-refractivity contribution is -0.150. The van der Waals surface area contributed by atoms with Gasteiger partial charge in [-0.1, -0.05) is 97.0 Å². The second-order valence-corrected chi connectivity index (χ2v) is 12.3. The molecule has 0 radical (unpaired) electrons. The maximum atomic E-state index is 13.0. The van der Waals surface area contributed by atoms with Crippen molar-refractivity contribution >= 4 is 37.5 Å². The van der Waals surface area contributed by atoms with Gasteiger partial charge in [0.2, 0.25) is 5.91 Å². The predicted octanol–water partition coefficient (Wildman–Crippen LogP) is 7.64. The van der Waals surface area contributed by atoms with Crippen LogP contribution in [0.15, 0.2) is 54.6 Å². The number of rotatable bonds is 16. The average Bonchev–Trinajstić information content (AvgIpc) is 3.08. The molecule has 0 aliphatic carbocycles. The summed E-state index contributed by atoms with van der Waals surface area (Å²) in [7, 11) is -4.12. The molecule has 1 amide bonds. The topological polar surface area (TPSA) is 173 Å². The van der Waals surface area contributed by atoms with E-state index >= 15 is 0 Å². The highest BCUT2D eigenvalue weighted by atomic mass is 31.2. The highest BCUT2D eigenvalue weighted by Crippen LogP contribution is 2.42. The molecule has 2 unspecified atom stereocenters. The fraction of sp³-hybridized carbons (Fsp3) is 0.541. The van der Waals surface area contributed by atoms with E-state index in [1.54, 1.807) is 13.8 Å². The molecule has 0 spiro atoms. The van der Waals surface area contributed by atoms with Gasteiger partial charge in [-0.2, -0.15) is 0 Å². The molecule has 49 heavy (non-hydrogen) atoms. The van der Waals surface area contributed by atoms with Crippen molar-refractivity contribution in [2.75, 3.05) is 19.3 Å². The first-order valence-electron chi connectivity index (χ1n) is 16.9. The number of Topliss-reactive ketones (excluding diaryl/α,β-unsaturated/α-hetero) is 2. The van der Waals surface area contributed by atoms with E-state index < -0.39 is 25.6 Å². The van der Waals surface area contributed by atoms with Crippen LogP contribution in [0.4, 0.5) is 0 Å². The summed E-state index contributed by atoms with van der Waals surface area (Å²) in [5.41, 5.74) is 2.31. The molecular weight excluding hydrogens is 649 g/mol. The van der Waals surface area contributed by atoms with Crippen LogP contribution in [-0.4, -0.2) is 65.3 Å². The molecule has 0 bridgehead atoms. The molecule has 278 valence electrons. The lowest BCUT2D eigenvalue weighted by Gasteiger charge is -2.17. The molecule has 0 saturated carbocycles. The lowest BCUT2D eigenvalue weighted by atomic mass is 9.87. The van der Waals surface area contributed by atoms with Gasteiger partial charge < -0.3 is 20.1 Å². The zero-order chi connectivity index (χ0) is 38.4. The number of ether oxygens (including phenoxy) is 1. The van der Waals surface area contributed by atoms with Gasteiger partial charge in [-0.05, 0) is 56.7 Å². The number of benzene rings is 2. The van der Waals surface area contributed by atoms with Crippen LogP contribution in [0.2, 0.25) is 0 Å². The largest absolute Gasteiger partial charge is 0.483 e. The number of nitrogens with one attached hydrogen (secondary N) is 1. The molecule has 0 saturated heterocycles. The smallest absolute Gasteiger partial charge is 0.335 e. The van der Waals surface area contributed by atoms with E-state index in [-0.39, 0.29) is 62.0 Å². The van der Waals surface area contributed by atoms with Crippen LogP contribution in [0, 0.1) is 5.92 Å². The highest BCUT2D eigenvalue weighted by Gasteiger charge is 2.27. The third-order valence-corrected chi connectivity index (χ3v) is 7.97. The molecule has 2 aromatic carbocycles. The van der Waals surface area contributed by atoms with Crippen LogP contribution in [-0.2, 0) is 39.4 Å². The number of amides is 1. The Morgan fingerprint density at radius 3 is 1.86 bits per heavy atom. The summed E-state index contributed by atoms with van der Waals surface area (Å²) in [6.07, 6.45) is -0.587. The number of carboxylic acid groups (broad SMARTS) is 1. The Balaban J connectivity index is -0.00000138. The monoisotopic (exact) mass is 709 g/mol. The van der Waals surface area contributed by atoms with Crippen molar-refractivity contribution in [2.24, 2.45) is 5.92 Å². The first-order chi connectivity index (χ1) is 23.2. The molecule has 0 fully saturated rings. The van der Waals surface area contributed by atoms with Gasteiger partial charge in [0.05, 0.1) is 12.8 Å². The minimum atomic E-state index is -4.12. The van der Waals surface area contributed by atoms with E-state index in [1.807, 2.05) is 103 Å². The van der Waals surface area contributed by atoms with Gasteiger partial charge in [0.1, 0.15) is 5.78 Å².